The lowest BCUT2D eigenvalue weighted by Crippen LogP contribution is -2.26. The Morgan fingerprint density at radius 3 is 2.52 bits per heavy atom. The lowest BCUT2D eigenvalue weighted by atomic mass is 9.83. The largest absolute Gasteiger partial charge is 0.481 e. The molecule has 2 aromatic rings. The Balaban J connectivity index is 0.000000208. The number of aromatic nitrogens is 1. The molecule has 0 saturated heterocycles. The number of carbonyl (C=O) groups is 2. The zero-order valence-electron chi connectivity index (χ0n) is 16.4. The van der Waals surface area contributed by atoms with Crippen molar-refractivity contribution < 1.29 is 14.7 Å². The Morgan fingerprint density at radius 1 is 1.41 bits per heavy atom. The predicted octanol–water partition coefficient (Wildman–Crippen LogP) is 2.01. The molecule has 0 aliphatic heterocycles. The Hall–Kier alpha value is -2.91. The van der Waals surface area contributed by atoms with Crippen molar-refractivity contribution in [1.29, 1.82) is 5.41 Å². The number of fused-ring (bicyclic) bond motifs is 1. The molecule has 29 heavy (non-hydrogen) atoms. The van der Waals surface area contributed by atoms with E-state index < -0.39 is 11.4 Å². The summed E-state index contributed by atoms with van der Waals surface area (Å²) in [4.78, 5) is 29.8. The smallest absolute Gasteiger partial charge is 0.304 e. The fraction of sp³-hybridized carbons (Fsp3) is 0.350. The van der Waals surface area contributed by atoms with Gasteiger partial charge in [-0.05, 0) is 37.9 Å². The number of rotatable bonds is 6. The van der Waals surface area contributed by atoms with E-state index in [4.69, 9.17) is 16.2 Å². The van der Waals surface area contributed by atoms with E-state index in [-0.39, 0.29) is 12.3 Å². The second-order valence-electron chi connectivity index (χ2n) is 6.93. The van der Waals surface area contributed by atoms with Crippen molar-refractivity contribution in [3.05, 3.63) is 51.5 Å². The third kappa shape index (κ3) is 6.30. The van der Waals surface area contributed by atoms with E-state index in [0.29, 0.717) is 30.9 Å². The minimum atomic E-state index is -0.907. The van der Waals surface area contributed by atoms with Gasteiger partial charge in [0.25, 0.3) is 0 Å². The van der Waals surface area contributed by atoms with Gasteiger partial charge in [0.1, 0.15) is 17.0 Å². The first kappa shape index (κ1) is 22.4. The quantitative estimate of drug-likeness (QED) is 0.323. The van der Waals surface area contributed by atoms with Gasteiger partial charge < -0.3 is 21.0 Å². The van der Waals surface area contributed by atoms with Crippen LogP contribution >= 0.6 is 11.3 Å². The number of amidine groups is 2. The molecule has 0 spiro atoms. The normalized spacial score (nSPS) is 14.5. The van der Waals surface area contributed by atoms with Crippen LogP contribution in [0.5, 0.6) is 0 Å². The van der Waals surface area contributed by atoms with Gasteiger partial charge in [0.15, 0.2) is 5.84 Å². The number of carboxylic acids is 1. The maximum atomic E-state index is 11.1. The van der Waals surface area contributed by atoms with Crippen LogP contribution in [-0.2, 0) is 29.0 Å². The molecular weight excluding hydrogens is 390 g/mol. The Labute approximate surface area is 173 Å². The molecule has 0 atom stereocenters. The molecule has 0 radical (unpaired) electrons. The summed E-state index contributed by atoms with van der Waals surface area (Å²) in [6, 6.07) is 7.76. The number of thiazole rings is 1. The highest BCUT2D eigenvalue weighted by Gasteiger charge is 2.38. The first-order valence-corrected chi connectivity index (χ1v) is 9.90. The van der Waals surface area contributed by atoms with Gasteiger partial charge in [0.05, 0.1) is 12.3 Å². The van der Waals surface area contributed by atoms with E-state index >= 15 is 0 Å². The fourth-order valence-electron chi connectivity index (χ4n) is 3.16. The van der Waals surface area contributed by atoms with Crippen molar-refractivity contribution >= 4 is 35.3 Å². The van der Waals surface area contributed by atoms with Gasteiger partial charge in [0, 0.05) is 17.3 Å². The van der Waals surface area contributed by atoms with Crippen molar-refractivity contribution in [1.82, 2.24) is 10.3 Å². The van der Waals surface area contributed by atoms with Crippen LogP contribution in [0.1, 0.15) is 35.2 Å². The van der Waals surface area contributed by atoms with Crippen LogP contribution in [0, 0.1) is 10.8 Å². The van der Waals surface area contributed by atoms with Crippen molar-refractivity contribution in [2.24, 2.45) is 16.1 Å². The first-order valence-electron chi connectivity index (χ1n) is 9.02. The molecule has 1 aromatic carbocycles. The van der Waals surface area contributed by atoms with Crippen molar-refractivity contribution in [3.8, 4) is 0 Å². The number of nitrogens with one attached hydrogen (secondary N) is 2. The average molecular weight is 416 g/mol. The maximum absolute atomic E-state index is 11.1. The van der Waals surface area contributed by atoms with E-state index in [1.54, 1.807) is 12.3 Å². The van der Waals surface area contributed by atoms with Crippen LogP contribution in [0.15, 0.2) is 34.6 Å². The number of aliphatic imine (C=N–C) groups is 1. The Bertz CT molecular complexity index is 893. The van der Waals surface area contributed by atoms with Crippen molar-refractivity contribution in [2.45, 2.75) is 32.7 Å². The maximum Gasteiger partial charge on any atom is 0.304 e. The van der Waals surface area contributed by atoms with Gasteiger partial charge in [-0.25, -0.2) is 9.98 Å². The highest BCUT2D eigenvalue weighted by Crippen LogP contribution is 2.37. The second kappa shape index (κ2) is 10.0. The Kier molecular flexibility index (Phi) is 7.74. The van der Waals surface area contributed by atoms with Crippen LogP contribution < -0.4 is 11.1 Å². The molecule has 0 amide bonds. The highest BCUT2D eigenvalue weighted by molar-refractivity contribution is 7.09. The second-order valence-corrected chi connectivity index (χ2v) is 7.87. The summed E-state index contributed by atoms with van der Waals surface area (Å²) in [6.45, 7) is 2.36. The van der Waals surface area contributed by atoms with E-state index in [9.17, 15) is 9.59 Å². The minimum absolute atomic E-state index is 0.0782. The molecule has 0 bridgehead atoms. The van der Waals surface area contributed by atoms with E-state index in [1.807, 2.05) is 31.3 Å². The number of nitrogens with two attached hydrogens (primary N) is 1. The molecule has 5 N–H and O–H groups in total. The molecule has 1 aliphatic rings. The molecule has 3 rings (SSSR count). The third-order valence-corrected chi connectivity index (χ3v) is 5.22. The van der Waals surface area contributed by atoms with Crippen LogP contribution in [-0.4, -0.2) is 41.1 Å². The monoisotopic (exact) mass is 415 g/mol. The van der Waals surface area contributed by atoms with Crippen LogP contribution in [0.25, 0.3) is 0 Å². The summed E-state index contributed by atoms with van der Waals surface area (Å²) in [5.74, 6) is -0.420. The van der Waals surface area contributed by atoms with Crippen LogP contribution in [0.4, 0.5) is 0 Å². The van der Waals surface area contributed by atoms with Crippen molar-refractivity contribution in [3.63, 3.8) is 0 Å². The van der Waals surface area contributed by atoms with Gasteiger partial charge >= 0.3 is 5.97 Å². The highest BCUT2D eigenvalue weighted by atomic mass is 32.1. The molecule has 8 nitrogen and oxygen atoms in total. The molecule has 1 aromatic heterocycles. The fourth-order valence-corrected chi connectivity index (χ4v) is 3.95. The summed E-state index contributed by atoms with van der Waals surface area (Å²) >= 11 is 1.51. The van der Waals surface area contributed by atoms with Crippen LogP contribution in [0.3, 0.4) is 0 Å². The lowest BCUT2D eigenvalue weighted by molar-refractivity contribution is -0.141. The van der Waals surface area contributed by atoms with E-state index in [2.05, 4.69) is 15.3 Å². The zero-order valence-corrected chi connectivity index (χ0v) is 17.3. The van der Waals surface area contributed by atoms with E-state index in [0.717, 1.165) is 22.4 Å². The van der Waals surface area contributed by atoms with Gasteiger partial charge in [-0.2, -0.15) is 0 Å². The standard InChI is InChI=1S/C12H12O3.C8H13N5S/c13-8-12(7-11(14)15)5-9-3-1-2-4-10(9)6-12;1-5(9)12-8(10)6-4-14-7(13-6)3-11-2/h1-4,8H,5-7H2,(H,14,15);4,11H,3H2,1-2H3,(H3,9,10,12). The lowest BCUT2D eigenvalue weighted by Gasteiger charge is -2.18. The zero-order chi connectivity index (χ0) is 21.4. The summed E-state index contributed by atoms with van der Waals surface area (Å²) < 4.78 is 0. The predicted molar refractivity (Wildman–Crippen MR) is 114 cm³/mol. The number of aliphatic carboxylic acids is 1. The van der Waals surface area contributed by atoms with Gasteiger partial charge in [-0.1, -0.05) is 24.3 Å². The number of carboxylic acid groups (broad SMARTS) is 1. The molecule has 154 valence electrons. The number of benzene rings is 1. The number of nitrogens with zero attached hydrogens (tertiary/aromatic N) is 2. The molecular formula is C20H25N5O3S. The Morgan fingerprint density at radius 2 is 2.03 bits per heavy atom. The first-order chi connectivity index (χ1) is 13.8. The van der Waals surface area contributed by atoms with Gasteiger partial charge in [-0.15, -0.1) is 11.3 Å². The van der Waals surface area contributed by atoms with Crippen molar-refractivity contribution in [2.75, 3.05) is 7.05 Å². The van der Waals surface area contributed by atoms with Crippen LogP contribution in [0.2, 0.25) is 0 Å². The number of hydrogen-bond donors (Lipinski definition) is 4. The molecule has 0 saturated carbocycles. The van der Waals surface area contributed by atoms with Gasteiger partial charge in [-0.3, -0.25) is 10.2 Å². The molecule has 0 unspecified atom stereocenters. The summed E-state index contributed by atoms with van der Waals surface area (Å²) in [7, 11) is 1.86. The molecule has 1 aliphatic carbocycles. The number of carbonyl (C=O) groups excluding carboxylic acids is 1. The SMILES string of the molecule is CNCc1nc(C(=N)N=C(C)N)cs1.O=CC1(CC(=O)O)Cc2ccccc2C1. The molecule has 1 heterocycles. The van der Waals surface area contributed by atoms with Gasteiger partial charge in [0.2, 0.25) is 0 Å². The third-order valence-electron chi connectivity index (χ3n) is 4.37. The number of aldehydes is 1. The average Bonchev–Trinajstić information content (AvgIpc) is 3.26. The summed E-state index contributed by atoms with van der Waals surface area (Å²) in [5, 5.41) is 22.1. The topological polar surface area (TPSA) is 142 Å². The summed E-state index contributed by atoms with van der Waals surface area (Å²) in [6.07, 6.45) is 1.84. The summed E-state index contributed by atoms with van der Waals surface area (Å²) in [5.41, 5.74) is 7.44. The number of hydrogen-bond acceptors (Lipinski definition) is 6. The van der Waals surface area contributed by atoms with E-state index in [1.165, 1.54) is 11.3 Å². The minimum Gasteiger partial charge on any atom is -0.481 e. The molecule has 0 fully saturated rings. The molecule has 9 heteroatoms.